The summed E-state index contributed by atoms with van der Waals surface area (Å²) >= 11 is 6.00. The largest absolute Gasteiger partial charge is 0.461 e. The van der Waals surface area contributed by atoms with Crippen LogP contribution in [0.5, 0.6) is 0 Å². The number of halogens is 1. The molecule has 138 valence electrons. The molecule has 1 aromatic carbocycles. The van der Waals surface area contributed by atoms with Crippen molar-refractivity contribution in [2.75, 3.05) is 0 Å². The van der Waals surface area contributed by atoms with Gasteiger partial charge in [-0.1, -0.05) is 17.7 Å². The molecule has 1 aliphatic carbocycles. The summed E-state index contributed by atoms with van der Waals surface area (Å²) in [5, 5.41) is 0.0242. The number of esters is 1. The molecule has 8 heteroatoms. The molecule has 1 aromatic rings. The van der Waals surface area contributed by atoms with E-state index in [0.717, 1.165) is 25.7 Å². The van der Waals surface area contributed by atoms with Crippen molar-refractivity contribution < 1.29 is 22.7 Å². The van der Waals surface area contributed by atoms with Gasteiger partial charge in [-0.2, -0.15) is 4.72 Å². The average molecular weight is 388 g/mol. The molecule has 1 N–H and O–H groups in total. The fourth-order valence-corrected chi connectivity index (χ4v) is 4.51. The molecule has 25 heavy (non-hydrogen) atoms. The fourth-order valence-electron chi connectivity index (χ4n) is 2.77. The van der Waals surface area contributed by atoms with E-state index < -0.39 is 22.0 Å². The molecule has 2 rings (SSSR count). The van der Waals surface area contributed by atoms with Crippen LogP contribution in [0.2, 0.25) is 5.02 Å². The molecule has 0 spiro atoms. The van der Waals surface area contributed by atoms with Gasteiger partial charge in [-0.15, -0.1) is 0 Å². The highest BCUT2D eigenvalue weighted by atomic mass is 35.5. The van der Waals surface area contributed by atoms with E-state index in [1.807, 2.05) is 0 Å². The summed E-state index contributed by atoms with van der Waals surface area (Å²) in [7, 11) is -4.02. The van der Waals surface area contributed by atoms with Crippen molar-refractivity contribution in [3.8, 4) is 0 Å². The number of hydrogen-bond acceptors (Lipinski definition) is 5. The topological polar surface area (TPSA) is 89.5 Å². The zero-order chi connectivity index (χ0) is 18.6. The summed E-state index contributed by atoms with van der Waals surface area (Å²) in [5.41, 5.74) is 0.540. The van der Waals surface area contributed by atoms with Gasteiger partial charge >= 0.3 is 5.97 Å². The van der Waals surface area contributed by atoms with Crippen LogP contribution < -0.4 is 4.72 Å². The second-order valence-electron chi connectivity index (χ2n) is 6.33. The third-order valence-electron chi connectivity index (χ3n) is 4.01. The molecule has 0 bridgehead atoms. The van der Waals surface area contributed by atoms with Gasteiger partial charge in [-0.05, 0) is 57.2 Å². The molecular formula is C17H22ClNO5S. The maximum atomic E-state index is 12.6. The molecule has 0 aromatic heterocycles. The Balaban J connectivity index is 2.11. The van der Waals surface area contributed by atoms with Crippen LogP contribution >= 0.6 is 11.6 Å². The molecule has 1 atom stereocenters. The highest BCUT2D eigenvalue weighted by molar-refractivity contribution is 7.89. The standard InChI is InChI=1S/C17H22ClNO5S/c1-11(20)9-13-7-8-15(18)16(10-13)25(22,23)19-12(2)17(21)24-14-5-3-4-6-14/h7-8,10,12,14,19H,3-6,9H2,1-2H3/t12-/m0/s1. The number of Topliss-reactive ketones (excluding diaryl/α,β-unsaturated/α-hetero) is 1. The van der Waals surface area contributed by atoms with Gasteiger partial charge < -0.3 is 4.74 Å². The quantitative estimate of drug-likeness (QED) is 0.726. The lowest BCUT2D eigenvalue weighted by molar-refractivity contribution is -0.150. The fraction of sp³-hybridized carbons (Fsp3) is 0.529. The first-order valence-corrected chi connectivity index (χ1v) is 10.1. The van der Waals surface area contributed by atoms with Crippen molar-refractivity contribution >= 4 is 33.4 Å². The Morgan fingerprint density at radius 2 is 1.96 bits per heavy atom. The van der Waals surface area contributed by atoms with E-state index in [2.05, 4.69) is 4.72 Å². The summed E-state index contributed by atoms with van der Waals surface area (Å²) in [6, 6.07) is 3.34. The highest BCUT2D eigenvalue weighted by Gasteiger charge is 2.28. The Kier molecular flexibility index (Phi) is 6.59. The number of rotatable bonds is 7. The van der Waals surface area contributed by atoms with E-state index >= 15 is 0 Å². The zero-order valence-corrected chi connectivity index (χ0v) is 15.8. The Morgan fingerprint density at radius 1 is 1.32 bits per heavy atom. The molecular weight excluding hydrogens is 366 g/mol. The van der Waals surface area contributed by atoms with Gasteiger partial charge in [-0.25, -0.2) is 8.42 Å². The van der Waals surface area contributed by atoms with Crippen molar-refractivity contribution in [2.45, 2.75) is 63.0 Å². The molecule has 1 saturated carbocycles. The van der Waals surface area contributed by atoms with E-state index in [1.165, 1.54) is 26.0 Å². The van der Waals surface area contributed by atoms with Crippen molar-refractivity contribution in [1.29, 1.82) is 0 Å². The lowest BCUT2D eigenvalue weighted by Crippen LogP contribution is -2.40. The van der Waals surface area contributed by atoms with Gasteiger partial charge in [0.05, 0.1) is 5.02 Å². The molecule has 0 unspecified atom stereocenters. The number of nitrogens with one attached hydrogen (secondary N) is 1. The van der Waals surface area contributed by atoms with Gasteiger partial charge in [0.15, 0.2) is 0 Å². The number of ketones is 1. The van der Waals surface area contributed by atoms with Crippen LogP contribution in [0, 0.1) is 0 Å². The summed E-state index contributed by atoms with van der Waals surface area (Å²) in [5.74, 6) is -0.696. The van der Waals surface area contributed by atoms with Crippen LogP contribution in [-0.4, -0.2) is 32.3 Å². The minimum Gasteiger partial charge on any atom is -0.461 e. The van der Waals surface area contributed by atoms with Crippen LogP contribution in [0.3, 0.4) is 0 Å². The second kappa shape index (κ2) is 8.29. The molecule has 0 amide bonds. The first kappa shape index (κ1) is 19.9. The molecule has 0 heterocycles. The van der Waals surface area contributed by atoms with Crippen LogP contribution in [0.25, 0.3) is 0 Å². The van der Waals surface area contributed by atoms with Crippen LogP contribution in [-0.2, 0) is 30.8 Å². The predicted molar refractivity (Wildman–Crippen MR) is 94.0 cm³/mol. The third kappa shape index (κ3) is 5.52. The molecule has 0 aliphatic heterocycles. The van der Waals surface area contributed by atoms with Crippen molar-refractivity contribution in [2.24, 2.45) is 0 Å². The Bertz CT molecular complexity index is 756. The molecule has 0 radical (unpaired) electrons. The maximum absolute atomic E-state index is 12.6. The Labute approximate surface area is 152 Å². The summed E-state index contributed by atoms with van der Waals surface area (Å²) < 4.78 is 32.7. The number of hydrogen-bond donors (Lipinski definition) is 1. The lowest BCUT2D eigenvalue weighted by Gasteiger charge is -2.17. The zero-order valence-electron chi connectivity index (χ0n) is 14.2. The Morgan fingerprint density at radius 3 is 2.56 bits per heavy atom. The monoisotopic (exact) mass is 387 g/mol. The van der Waals surface area contributed by atoms with Crippen molar-refractivity contribution in [1.82, 2.24) is 4.72 Å². The number of ether oxygens (including phenoxy) is 1. The maximum Gasteiger partial charge on any atom is 0.324 e. The number of benzene rings is 1. The van der Waals surface area contributed by atoms with Gasteiger partial charge in [-0.3, -0.25) is 9.59 Å². The van der Waals surface area contributed by atoms with Gasteiger partial charge in [0, 0.05) is 6.42 Å². The van der Waals surface area contributed by atoms with Crippen molar-refractivity contribution in [3.05, 3.63) is 28.8 Å². The molecule has 1 aliphatic rings. The minimum atomic E-state index is -4.02. The third-order valence-corrected chi connectivity index (χ3v) is 6.03. The number of sulfonamides is 1. The molecule has 6 nitrogen and oxygen atoms in total. The average Bonchev–Trinajstić information content (AvgIpc) is 3.01. The van der Waals surface area contributed by atoms with E-state index in [9.17, 15) is 18.0 Å². The molecule has 0 saturated heterocycles. The van der Waals surface area contributed by atoms with Gasteiger partial charge in [0.1, 0.15) is 22.8 Å². The summed E-state index contributed by atoms with van der Waals surface area (Å²) in [6.45, 7) is 2.85. The van der Waals surface area contributed by atoms with Crippen LogP contribution in [0.1, 0.15) is 45.1 Å². The predicted octanol–water partition coefficient (Wildman–Crippen LogP) is 2.62. The highest BCUT2D eigenvalue weighted by Crippen LogP contribution is 2.24. The van der Waals surface area contributed by atoms with Crippen LogP contribution in [0.15, 0.2) is 23.1 Å². The lowest BCUT2D eigenvalue weighted by atomic mass is 10.1. The van der Waals surface area contributed by atoms with Crippen molar-refractivity contribution in [3.63, 3.8) is 0 Å². The van der Waals surface area contributed by atoms with E-state index in [1.54, 1.807) is 6.07 Å². The normalized spacial score (nSPS) is 16.6. The number of carbonyl (C=O) groups excluding carboxylic acids is 2. The first-order valence-electron chi connectivity index (χ1n) is 8.19. The second-order valence-corrected chi connectivity index (χ2v) is 8.42. The van der Waals surface area contributed by atoms with Gasteiger partial charge in [0.2, 0.25) is 10.0 Å². The summed E-state index contributed by atoms with van der Waals surface area (Å²) in [4.78, 5) is 23.2. The van der Waals surface area contributed by atoms with E-state index in [-0.39, 0.29) is 28.2 Å². The number of carbonyl (C=O) groups is 2. The smallest absolute Gasteiger partial charge is 0.324 e. The van der Waals surface area contributed by atoms with E-state index in [4.69, 9.17) is 16.3 Å². The minimum absolute atomic E-state index is 0.0242. The molecule has 1 fully saturated rings. The van der Waals surface area contributed by atoms with E-state index in [0.29, 0.717) is 5.56 Å². The first-order chi connectivity index (χ1) is 11.7. The summed E-state index contributed by atoms with van der Waals surface area (Å²) in [6.07, 6.45) is 3.61. The Hall–Kier alpha value is -1.44. The van der Waals surface area contributed by atoms with Crippen LogP contribution in [0.4, 0.5) is 0 Å². The SMILES string of the molecule is CC(=O)Cc1ccc(Cl)c(S(=O)(=O)N[C@@H](C)C(=O)OC2CCCC2)c1. The van der Waals surface area contributed by atoms with Gasteiger partial charge in [0.25, 0.3) is 0 Å².